The second-order valence-electron chi connectivity index (χ2n) is 5.90. The summed E-state index contributed by atoms with van der Waals surface area (Å²) < 4.78 is 0. The molecular weight excluding hydrogens is 304 g/mol. The third kappa shape index (κ3) is 3.56. The van der Waals surface area contributed by atoms with E-state index in [1.165, 1.54) is 6.07 Å². The molecule has 0 spiro atoms. The average Bonchev–Trinajstić information content (AvgIpc) is 3.14. The minimum Gasteiger partial charge on any atom is -0.507 e. The van der Waals surface area contributed by atoms with Gasteiger partial charge in [-0.2, -0.15) is 0 Å². The number of para-hydroxylation sites is 1. The molecule has 2 aromatic carbocycles. The van der Waals surface area contributed by atoms with E-state index in [1.807, 2.05) is 17.0 Å². The van der Waals surface area contributed by atoms with Gasteiger partial charge in [-0.15, -0.1) is 0 Å². The predicted octanol–water partition coefficient (Wildman–Crippen LogP) is 2.56. The lowest BCUT2D eigenvalue weighted by atomic mass is 10.1. The zero-order valence-electron chi connectivity index (χ0n) is 13.4. The Bertz CT molecular complexity index is 735. The second-order valence-corrected chi connectivity index (χ2v) is 5.90. The number of hydrogen-bond donors (Lipinski definition) is 2. The smallest absolute Gasteiger partial charge is 0.255 e. The summed E-state index contributed by atoms with van der Waals surface area (Å²) in [6.45, 7) is 2.00. The van der Waals surface area contributed by atoms with E-state index >= 15 is 0 Å². The van der Waals surface area contributed by atoms with Crippen molar-refractivity contribution in [1.29, 1.82) is 0 Å². The lowest BCUT2D eigenvalue weighted by Crippen LogP contribution is -2.27. The molecule has 0 atom stereocenters. The Kier molecular flexibility index (Phi) is 4.79. The average molecular weight is 324 g/mol. The van der Waals surface area contributed by atoms with Crippen LogP contribution in [0.5, 0.6) is 5.75 Å². The van der Waals surface area contributed by atoms with Gasteiger partial charge in [0.15, 0.2) is 0 Å². The molecule has 3 rings (SSSR count). The van der Waals surface area contributed by atoms with Gasteiger partial charge >= 0.3 is 0 Å². The summed E-state index contributed by atoms with van der Waals surface area (Å²) in [7, 11) is 0. The number of benzene rings is 2. The molecule has 1 aliphatic rings. The molecule has 2 N–H and O–H groups in total. The summed E-state index contributed by atoms with van der Waals surface area (Å²) in [6.07, 6.45) is 2.14. The Labute approximate surface area is 140 Å². The van der Waals surface area contributed by atoms with E-state index in [4.69, 9.17) is 0 Å². The highest BCUT2D eigenvalue weighted by molar-refractivity contribution is 5.96. The third-order valence-corrected chi connectivity index (χ3v) is 4.20. The van der Waals surface area contributed by atoms with Gasteiger partial charge in [0, 0.05) is 25.2 Å². The van der Waals surface area contributed by atoms with Gasteiger partial charge < -0.3 is 15.3 Å². The first-order valence-electron chi connectivity index (χ1n) is 8.09. The number of phenolic OH excluding ortho intramolecular Hbond substituents is 1. The molecule has 1 saturated heterocycles. The maximum Gasteiger partial charge on any atom is 0.255 e. The van der Waals surface area contributed by atoms with Crippen molar-refractivity contribution in [3.63, 3.8) is 0 Å². The normalized spacial score (nSPS) is 13.8. The van der Waals surface area contributed by atoms with Crippen LogP contribution in [0, 0.1) is 0 Å². The summed E-state index contributed by atoms with van der Waals surface area (Å²) in [6, 6.07) is 13.7. The zero-order valence-corrected chi connectivity index (χ0v) is 13.4. The zero-order chi connectivity index (χ0) is 16.9. The number of likely N-dealkylation sites (tertiary alicyclic amines) is 1. The Morgan fingerprint density at radius 1 is 1.00 bits per heavy atom. The molecule has 1 fully saturated rings. The quantitative estimate of drug-likeness (QED) is 0.908. The van der Waals surface area contributed by atoms with Crippen LogP contribution in [0.1, 0.15) is 39.1 Å². The van der Waals surface area contributed by atoms with Crippen LogP contribution in [0.2, 0.25) is 0 Å². The molecule has 124 valence electrons. The molecule has 0 unspecified atom stereocenters. The van der Waals surface area contributed by atoms with Crippen LogP contribution in [-0.2, 0) is 6.54 Å². The van der Waals surface area contributed by atoms with E-state index in [1.54, 1.807) is 30.3 Å². The van der Waals surface area contributed by atoms with E-state index in [0.29, 0.717) is 12.1 Å². The number of rotatable bonds is 4. The number of phenols is 1. The monoisotopic (exact) mass is 324 g/mol. The van der Waals surface area contributed by atoms with Crippen LogP contribution in [-0.4, -0.2) is 34.9 Å². The molecule has 2 amide bonds. The lowest BCUT2D eigenvalue weighted by Gasteiger charge is -2.15. The predicted molar refractivity (Wildman–Crippen MR) is 90.9 cm³/mol. The van der Waals surface area contributed by atoms with Crippen LogP contribution < -0.4 is 5.32 Å². The first-order valence-corrected chi connectivity index (χ1v) is 8.09. The van der Waals surface area contributed by atoms with Crippen LogP contribution in [0.4, 0.5) is 0 Å². The molecule has 1 heterocycles. The topological polar surface area (TPSA) is 69.6 Å². The van der Waals surface area contributed by atoms with Crippen LogP contribution in [0.15, 0.2) is 48.5 Å². The highest BCUT2D eigenvalue weighted by atomic mass is 16.3. The Morgan fingerprint density at radius 2 is 1.67 bits per heavy atom. The number of aromatic hydroxyl groups is 1. The number of carbonyl (C=O) groups is 2. The molecule has 1 aliphatic heterocycles. The Morgan fingerprint density at radius 3 is 2.33 bits per heavy atom. The van der Waals surface area contributed by atoms with Gasteiger partial charge in [-0.05, 0) is 42.7 Å². The number of carbonyl (C=O) groups excluding carboxylic acids is 2. The van der Waals surface area contributed by atoms with E-state index < -0.39 is 0 Å². The van der Waals surface area contributed by atoms with Crippen molar-refractivity contribution in [3.05, 3.63) is 65.2 Å². The Hall–Kier alpha value is -2.82. The summed E-state index contributed by atoms with van der Waals surface area (Å²) in [5.74, 6) is -0.302. The van der Waals surface area contributed by atoms with Gasteiger partial charge in [0.25, 0.3) is 11.8 Å². The molecule has 5 nitrogen and oxygen atoms in total. The second kappa shape index (κ2) is 7.17. The van der Waals surface area contributed by atoms with Crippen molar-refractivity contribution in [2.45, 2.75) is 19.4 Å². The van der Waals surface area contributed by atoms with Gasteiger partial charge in [0.1, 0.15) is 5.75 Å². The van der Waals surface area contributed by atoms with Gasteiger partial charge in [-0.3, -0.25) is 9.59 Å². The first-order chi connectivity index (χ1) is 11.6. The van der Waals surface area contributed by atoms with Gasteiger partial charge in [-0.1, -0.05) is 24.3 Å². The lowest BCUT2D eigenvalue weighted by molar-refractivity contribution is 0.0792. The summed E-state index contributed by atoms with van der Waals surface area (Å²) >= 11 is 0. The van der Waals surface area contributed by atoms with Crippen molar-refractivity contribution in [1.82, 2.24) is 10.2 Å². The fourth-order valence-electron chi connectivity index (χ4n) is 2.81. The fourth-order valence-corrected chi connectivity index (χ4v) is 2.81. The minimum atomic E-state index is -0.328. The molecular formula is C19H20N2O3. The van der Waals surface area contributed by atoms with E-state index in [-0.39, 0.29) is 23.1 Å². The highest BCUT2D eigenvalue weighted by Crippen LogP contribution is 2.16. The number of nitrogens with zero attached hydrogens (tertiary/aromatic N) is 1. The molecule has 0 aliphatic carbocycles. The van der Waals surface area contributed by atoms with Crippen LogP contribution >= 0.6 is 0 Å². The Balaban J connectivity index is 1.59. The first kappa shape index (κ1) is 16.1. The number of amides is 2. The van der Waals surface area contributed by atoms with E-state index in [0.717, 1.165) is 31.5 Å². The largest absolute Gasteiger partial charge is 0.507 e. The van der Waals surface area contributed by atoms with Crippen molar-refractivity contribution >= 4 is 11.8 Å². The minimum absolute atomic E-state index is 0.0402. The van der Waals surface area contributed by atoms with E-state index in [2.05, 4.69) is 5.32 Å². The SMILES string of the molecule is O=C(NCc1ccc(C(=O)N2CCCC2)cc1)c1ccccc1O. The summed E-state index contributed by atoms with van der Waals surface area (Å²) in [5, 5.41) is 12.4. The molecule has 0 aromatic heterocycles. The maximum atomic E-state index is 12.3. The highest BCUT2D eigenvalue weighted by Gasteiger charge is 2.19. The molecule has 0 bridgehead atoms. The van der Waals surface area contributed by atoms with Crippen molar-refractivity contribution in [2.75, 3.05) is 13.1 Å². The molecule has 0 radical (unpaired) electrons. The van der Waals surface area contributed by atoms with Crippen LogP contribution in [0.25, 0.3) is 0 Å². The number of nitrogens with one attached hydrogen (secondary N) is 1. The molecule has 5 heteroatoms. The van der Waals surface area contributed by atoms with Crippen LogP contribution in [0.3, 0.4) is 0 Å². The van der Waals surface area contributed by atoms with Crippen molar-refractivity contribution in [2.24, 2.45) is 0 Å². The molecule has 2 aromatic rings. The standard InChI is InChI=1S/C19H20N2O3/c22-17-6-2-1-5-16(17)18(23)20-13-14-7-9-15(10-8-14)19(24)21-11-3-4-12-21/h1-2,5-10,22H,3-4,11-13H2,(H,20,23). The molecule has 0 saturated carbocycles. The van der Waals surface area contributed by atoms with Gasteiger partial charge in [-0.25, -0.2) is 0 Å². The summed E-state index contributed by atoms with van der Waals surface area (Å²) in [5.41, 5.74) is 1.82. The molecule has 24 heavy (non-hydrogen) atoms. The fraction of sp³-hybridized carbons (Fsp3) is 0.263. The van der Waals surface area contributed by atoms with Gasteiger partial charge in [0.2, 0.25) is 0 Å². The van der Waals surface area contributed by atoms with Crippen molar-refractivity contribution in [3.8, 4) is 5.75 Å². The third-order valence-electron chi connectivity index (χ3n) is 4.20. The van der Waals surface area contributed by atoms with Crippen molar-refractivity contribution < 1.29 is 14.7 Å². The van der Waals surface area contributed by atoms with Gasteiger partial charge in [0.05, 0.1) is 5.56 Å². The summed E-state index contributed by atoms with van der Waals surface area (Å²) in [4.78, 5) is 26.2. The number of hydrogen-bond acceptors (Lipinski definition) is 3. The maximum absolute atomic E-state index is 12.3. The van der Waals surface area contributed by atoms with E-state index in [9.17, 15) is 14.7 Å².